The maximum atomic E-state index is 13.6. The Morgan fingerprint density at radius 3 is 2.61 bits per heavy atom. The number of hydrogen-bond acceptors (Lipinski definition) is 4. The molecule has 3 rings (SSSR count). The van der Waals surface area contributed by atoms with Crippen LogP contribution in [0.2, 0.25) is 0 Å². The number of carbonyl (C=O) groups excluding carboxylic acids is 1. The second-order valence-electron chi connectivity index (χ2n) is 6.71. The lowest BCUT2D eigenvalue weighted by Gasteiger charge is -2.39. The predicted octanol–water partition coefficient (Wildman–Crippen LogP) is 2.12. The summed E-state index contributed by atoms with van der Waals surface area (Å²) in [5.74, 6) is -0.854. The normalized spacial score (nSPS) is 31.7. The van der Waals surface area contributed by atoms with Gasteiger partial charge < -0.3 is 5.32 Å². The van der Waals surface area contributed by atoms with Crippen LogP contribution in [-0.4, -0.2) is 38.2 Å². The number of hydrogen-bond donors (Lipinski definition) is 1. The Hall–Kier alpha value is -1.27. The number of alkyl halides is 1. The summed E-state index contributed by atoms with van der Waals surface area (Å²) in [6, 6.07) is 4.84. The summed E-state index contributed by atoms with van der Waals surface area (Å²) in [4.78, 5) is 12.9. The molecule has 126 valence electrons. The first-order valence-corrected chi connectivity index (χ1v) is 9.57. The highest BCUT2D eigenvalue weighted by molar-refractivity contribution is 7.92. The van der Waals surface area contributed by atoms with Gasteiger partial charge in [-0.15, -0.1) is 0 Å². The van der Waals surface area contributed by atoms with Gasteiger partial charge in [0.1, 0.15) is 11.4 Å². The number of rotatable bonds is 2. The Kier molecular flexibility index (Phi) is 4.31. The summed E-state index contributed by atoms with van der Waals surface area (Å²) in [7, 11) is -3.75. The summed E-state index contributed by atoms with van der Waals surface area (Å²) in [6.45, 7) is 3.87. The largest absolute Gasteiger partial charge is 0.311 e. The van der Waals surface area contributed by atoms with Crippen molar-refractivity contribution in [2.24, 2.45) is 5.92 Å². The number of carbonyl (C=O) groups is 1. The minimum atomic E-state index is -3.75. The number of nitrogens with one attached hydrogen (secondary N) is 1. The van der Waals surface area contributed by atoms with E-state index in [-0.39, 0.29) is 29.7 Å². The van der Waals surface area contributed by atoms with Crippen LogP contribution >= 0.6 is 0 Å². The van der Waals surface area contributed by atoms with Gasteiger partial charge in [-0.25, -0.2) is 12.8 Å². The molecule has 6 heteroatoms. The van der Waals surface area contributed by atoms with Crippen LogP contribution in [-0.2, 0) is 14.6 Å². The highest BCUT2D eigenvalue weighted by Gasteiger charge is 2.46. The van der Waals surface area contributed by atoms with Crippen LogP contribution in [0.5, 0.6) is 0 Å². The quantitative estimate of drug-likeness (QED) is 0.896. The molecule has 0 bridgehead atoms. The van der Waals surface area contributed by atoms with E-state index in [1.165, 1.54) is 0 Å². The fourth-order valence-electron chi connectivity index (χ4n) is 3.59. The van der Waals surface area contributed by atoms with Crippen molar-refractivity contribution in [2.75, 3.05) is 6.54 Å². The third kappa shape index (κ3) is 2.94. The topological polar surface area (TPSA) is 63.2 Å². The molecule has 1 aliphatic carbocycles. The van der Waals surface area contributed by atoms with Crippen LogP contribution in [0, 0.1) is 19.8 Å². The lowest BCUT2D eigenvalue weighted by molar-refractivity contribution is -0.126. The van der Waals surface area contributed by atoms with Crippen molar-refractivity contribution in [3.05, 3.63) is 29.3 Å². The van der Waals surface area contributed by atoms with E-state index in [1.807, 2.05) is 13.8 Å². The molecule has 0 aromatic heterocycles. The SMILES string of the molecule is Cc1ccc(S(=O)(=O)C2CNC3CCC(F)CC3C2=O)cc1C. The molecule has 1 heterocycles. The first-order valence-electron chi connectivity index (χ1n) is 8.03. The zero-order valence-electron chi connectivity index (χ0n) is 13.4. The van der Waals surface area contributed by atoms with Crippen molar-refractivity contribution in [3.63, 3.8) is 0 Å². The van der Waals surface area contributed by atoms with E-state index in [2.05, 4.69) is 5.32 Å². The summed E-state index contributed by atoms with van der Waals surface area (Å²) in [5.41, 5.74) is 1.88. The van der Waals surface area contributed by atoms with Crippen molar-refractivity contribution in [1.82, 2.24) is 5.32 Å². The van der Waals surface area contributed by atoms with Crippen LogP contribution in [0.1, 0.15) is 30.4 Å². The van der Waals surface area contributed by atoms with Gasteiger partial charge in [-0.2, -0.15) is 0 Å². The lowest BCUT2D eigenvalue weighted by atomic mass is 9.78. The summed E-state index contributed by atoms with van der Waals surface area (Å²) < 4.78 is 39.4. The van der Waals surface area contributed by atoms with E-state index in [0.29, 0.717) is 12.8 Å². The smallest absolute Gasteiger partial charge is 0.189 e. The summed E-state index contributed by atoms with van der Waals surface area (Å²) in [5, 5.41) is 2.04. The molecule has 1 aliphatic heterocycles. The molecular weight excluding hydrogens is 317 g/mol. The van der Waals surface area contributed by atoms with Crippen LogP contribution in [0.15, 0.2) is 23.1 Å². The van der Waals surface area contributed by atoms with Crippen molar-refractivity contribution in [2.45, 2.75) is 55.5 Å². The van der Waals surface area contributed by atoms with Crippen molar-refractivity contribution in [3.8, 4) is 0 Å². The van der Waals surface area contributed by atoms with E-state index >= 15 is 0 Å². The maximum Gasteiger partial charge on any atom is 0.189 e. The number of Topliss-reactive ketones (excluding diaryl/α,β-unsaturated/α-hetero) is 1. The molecular formula is C17H22FNO3S. The first-order chi connectivity index (χ1) is 10.8. The Bertz CT molecular complexity index is 731. The molecule has 0 spiro atoms. The minimum Gasteiger partial charge on any atom is -0.311 e. The van der Waals surface area contributed by atoms with Gasteiger partial charge in [0.15, 0.2) is 15.6 Å². The Morgan fingerprint density at radius 1 is 1.17 bits per heavy atom. The number of halogens is 1. The number of fused-ring (bicyclic) bond motifs is 1. The van der Waals surface area contributed by atoms with E-state index in [1.54, 1.807) is 18.2 Å². The Morgan fingerprint density at radius 2 is 1.91 bits per heavy atom. The van der Waals surface area contributed by atoms with Gasteiger partial charge in [0.05, 0.1) is 4.90 Å². The zero-order chi connectivity index (χ0) is 16.8. The number of benzene rings is 1. The second kappa shape index (κ2) is 5.98. The molecule has 23 heavy (non-hydrogen) atoms. The monoisotopic (exact) mass is 339 g/mol. The number of ketones is 1. The molecule has 1 aromatic carbocycles. The molecule has 1 saturated heterocycles. The van der Waals surface area contributed by atoms with Crippen LogP contribution in [0.3, 0.4) is 0 Å². The number of sulfone groups is 1. The highest BCUT2D eigenvalue weighted by Crippen LogP contribution is 2.33. The molecule has 2 fully saturated rings. The van der Waals surface area contributed by atoms with Crippen LogP contribution < -0.4 is 5.32 Å². The van der Waals surface area contributed by atoms with E-state index in [4.69, 9.17) is 0 Å². The standard InChI is InChI=1S/C17H22FNO3S/c1-10-3-5-13(7-11(10)2)23(21,22)16-9-19-15-6-4-12(18)8-14(15)17(16)20/h3,5,7,12,14-16,19H,4,6,8-9H2,1-2H3. The van der Waals surface area contributed by atoms with Crippen LogP contribution in [0.4, 0.5) is 4.39 Å². The van der Waals surface area contributed by atoms with Crippen molar-refractivity contribution in [1.29, 1.82) is 0 Å². The maximum absolute atomic E-state index is 13.6. The predicted molar refractivity (Wildman–Crippen MR) is 85.9 cm³/mol. The minimum absolute atomic E-state index is 0.0827. The molecule has 0 radical (unpaired) electrons. The van der Waals surface area contributed by atoms with Crippen molar-refractivity contribution < 1.29 is 17.6 Å². The molecule has 4 nitrogen and oxygen atoms in total. The van der Waals surface area contributed by atoms with Gasteiger partial charge in [-0.05, 0) is 56.4 Å². The van der Waals surface area contributed by atoms with Gasteiger partial charge in [-0.1, -0.05) is 6.07 Å². The van der Waals surface area contributed by atoms with Gasteiger partial charge in [-0.3, -0.25) is 4.79 Å². The third-order valence-electron chi connectivity index (χ3n) is 5.22. The van der Waals surface area contributed by atoms with Gasteiger partial charge in [0.25, 0.3) is 0 Å². The van der Waals surface area contributed by atoms with E-state index < -0.39 is 27.2 Å². The average molecular weight is 339 g/mol. The summed E-state index contributed by atoms with van der Waals surface area (Å²) in [6.07, 6.45) is 0.157. The highest BCUT2D eigenvalue weighted by atomic mass is 32.2. The first kappa shape index (κ1) is 16.6. The molecule has 4 unspecified atom stereocenters. The third-order valence-corrected chi connectivity index (χ3v) is 7.28. The van der Waals surface area contributed by atoms with Gasteiger partial charge in [0.2, 0.25) is 0 Å². The van der Waals surface area contributed by atoms with Gasteiger partial charge >= 0.3 is 0 Å². The van der Waals surface area contributed by atoms with Crippen molar-refractivity contribution >= 4 is 15.6 Å². The fourth-order valence-corrected chi connectivity index (χ4v) is 5.32. The number of piperidine rings is 1. The molecule has 2 aliphatic rings. The van der Waals surface area contributed by atoms with Crippen LogP contribution in [0.25, 0.3) is 0 Å². The molecule has 1 aromatic rings. The van der Waals surface area contributed by atoms with E-state index in [0.717, 1.165) is 11.1 Å². The number of aryl methyl sites for hydroxylation is 2. The zero-order valence-corrected chi connectivity index (χ0v) is 14.2. The summed E-state index contributed by atoms with van der Waals surface area (Å²) >= 11 is 0. The second-order valence-corrected chi connectivity index (χ2v) is 8.84. The Labute approximate surface area is 136 Å². The molecule has 1 N–H and O–H groups in total. The average Bonchev–Trinajstić information content (AvgIpc) is 2.50. The fraction of sp³-hybridized carbons (Fsp3) is 0.588. The van der Waals surface area contributed by atoms with Gasteiger partial charge in [0, 0.05) is 18.5 Å². The Balaban J connectivity index is 1.91. The molecule has 0 amide bonds. The lowest BCUT2D eigenvalue weighted by Crippen LogP contribution is -2.58. The van der Waals surface area contributed by atoms with E-state index in [9.17, 15) is 17.6 Å². The molecule has 4 atom stereocenters. The molecule has 1 saturated carbocycles.